The molecule has 8 atom stereocenters. The van der Waals surface area contributed by atoms with Crippen molar-refractivity contribution >= 4 is 23.9 Å². The zero-order chi connectivity index (χ0) is 40.5. The van der Waals surface area contributed by atoms with Crippen LogP contribution in [0.15, 0.2) is 49.6 Å². The minimum atomic E-state index is -0.375. The van der Waals surface area contributed by atoms with Gasteiger partial charge in [-0.25, -0.2) is 19.2 Å². The van der Waals surface area contributed by atoms with Crippen molar-refractivity contribution in [1.82, 2.24) is 0 Å². The van der Waals surface area contributed by atoms with E-state index in [1.807, 2.05) is 0 Å². The Bertz CT molecular complexity index is 1380. The highest BCUT2D eigenvalue weighted by atomic mass is 16.6. The molecule has 0 amide bonds. The molecule has 10 nitrogen and oxygen atoms in total. The third-order valence-corrected chi connectivity index (χ3v) is 13.8. The van der Waals surface area contributed by atoms with E-state index in [1.54, 1.807) is 13.8 Å². The van der Waals surface area contributed by atoms with E-state index < -0.39 is 0 Å². The van der Waals surface area contributed by atoms with Crippen LogP contribution in [0, 0.1) is 33.5 Å². The highest BCUT2D eigenvalue weighted by Crippen LogP contribution is 2.67. The first kappa shape index (κ1) is 45.2. The molecule has 0 spiro atoms. The van der Waals surface area contributed by atoms with Gasteiger partial charge in [0.05, 0.1) is 12.2 Å². The van der Waals surface area contributed by atoms with Crippen molar-refractivity contribution in [1.29, 1.82) is 0 Å². The average molecular weight is 757 g/mol. The molecule has 0 aromatic carbocycles. The molecule has 6 fully saturated rings. The molecule has 0 aromatic heterocycles. The number of esters is 4. The van der Waals surface area contributed by atoms with Gasteiger partial charge in [-0.3, -0.25) is 0 Å². The van der Waals surface area contributed by atoms with Gasteiger partial charge in [-0.05, 0) is 101 Å². The molecular formula is C44H68O10. The molecule has 6 aliphatic rings. The number of rotatable bonds is 10. The van der Waals surface area contributed by atoms with Crippen LogP contribution in [0.25, 0.3) is 0 Å². The molecule has 304 valence electrons. The fourth-order valence-electron chi connectivity index (χ4n) is 9.11. The summed E-state index contributed by atoms with van der Waals surface area (Å²) in [5.74, 6) is 0.218. The van der Waals surface area contributed by atoms with Crippen molar-refractivity contribution in [2.24, 2.45) is 33.5 Å². The van der Waals surface area contributed by atoms with Gasteiger partial charge in [-0.1, -0.05) is 67.9 Å². The predicted molar refractivity (Wildman–Crippen MR) is 208 cm³/mol. The van der Waals surface area contributed by atoms with Crippen molar-refractivity contribution in [3.63, 3.8) is 0 Å². The van der Waals surface area contributed by atoms with Crippen LogP contribution in [0.3, 0.4) is 0 Å². The van der Waals surface area contributed by atoms with Crippen LogP contribution in [0.1, 0.15) is 120 Å². The SMILES string of the molecule is C=C(C)C(=O)OC1CC2CCC1(C)C2(C)C.C=C(C)C(=O)OCC1CCCO1.C=CC(=O)OC1CC2CCC1(C)C2(C)C.C=CC(=O)OCC1CCCO1. The number of ether oxygens (including phenoxy) is 6. The van der Waals surface area contributed by atoms with Gasteiger partial charge in [0.15, 0.2) is 0 Å². The van der Waals surface area contributed by atoms with Crippen LogP contribution in [0.4, 0.5) is 0 Å². The molecule has 4 bridgehead atoms. The van der Waals surface area contributed by atoms with Gasteiger partial charge in [0, 0.05) is 47.3 Å². The fourth-order valence-corrected chi connectivity index (χ4v) is 9.11. The Morgan fingerprint density at radius 1 is 0.630 bits per heavy atom. The van der Waals surface area contributed by atoms with E-state index in [9.17, 15) is 19.2 Å². The number of hydrogen-bond donors (Lipinski definition) is 0. The standard InChI is InChI=1S/C14H22O2.C13H20O2.C9H14O3.C8H12O3/c1-9(2)12(15)16-11-8-10-6-7-14(11,5)13(10,3)4;1-5-11(14)15-10-8-9-6-7-13(10,4)12(9,2)3;1-7(2)9(10)12-6-8-4-3-5-11-8;1-2-8(9)11-6-7-4-3-5-10-7/h10-11H,1,6-8H2,2-5H3;5,9-10H,1,6-8H2,2-4H3;8H,1,3-6H2,2H3;2,7H,1,3-6H2. The number of carbonyl (C=O) groups is 4. The van der Waals surface area contributed by atoms with Gasteiger partial charge in [-0.15, -0.1) is 0 Å². The van der Waals surface area contributed by atoms with E-state index in [4.69, 9.17) is 28.4 Å². The fraction of sp³-hybridized carbons (Fsp3) is 0.727. The minimum absolute atomic E-state index is 0.0884. The second-order valence-electron chi connectivity index (χ2n) is 17.5. The summed E-state index contributed by atoms with van der Waals surface area (Å²) in [6, 6.07) is 0. The van der Waals surface area contributed by atoms with Crippen LogP contribution in [0.5, 0.6) is 0 Å². The van der Waals surface area contributed by atoms with Gasteiger partial charge in [0.2, 0.25) is 0 Å². The molecular weight excluding hydrogens is 688 g/mol. The van der Waals surface area contributed by atoms with Gasteiger partial charge in [0.25, 0.3) is 0 Å². The summed E-state index contributed by atoms with van der Waals surface area (Å²) in [6.07, 6.45) is 13.9. The van der Waals surface area contributed by atoms with E-state index in [1.165, 1.54) is 31.8 Å². The summed E-state index contributed by atoms with van der Waals surface area (Å²) in [4.78, 5) is 44.4. The van der Waals surface area contributed by atoms with Gasteiger partial charge < -0.3 is 28.4 Å². The molecule has 0 N–H and O–H groups in total. The van der Waals surface area contributed by atoms with Crippen LogP contribution >= 0.6 is 0 Å². The van der Waals surface area contributed by atoms with Gasteiger partial charge in [0.1, 0.15) is 25.4 Å². The third-order valence-electron chi connectivity index (χ3n) is 13.8. The molecule has 54 heavy (non-hydrogen) atoms. The van der Waals surface area contributed by atoms with E-state index >= 15 is 0 Å². The molecule has 6 rings (SSSR count). The Morgan fingerprint density at radius 3 is 1.39 bits per heavy atom. The van der Waals surface area contributed by atoms with E-state index in [0.717, 1.165) is 57.8 Å². The number of fused-ring (bicyclic) bond motifs is 4. The Morgan fingerprint density at radius 2 is 1.06 bits per heavy atom. The maximum Gasteiger partial charge on any atom is 0.333 e. The molecule has 2 heterocycles. The minimum Gasteiger partial charge on any atom is -0.460 e. The van der Waals surface area contributed by atoms with Crippen LogP contribution in [-0.4, -0.2) is 74.7 Å². The summed E-state index contributed by atoms with van der Waals surface area (Å²) in [5.41, 5.74) is 1.86. The summed E-state index contributed by atoms with van der Waals surface area (Å²) in [5, 5.41) is 0. The molecule has 8 unspecified atom stereocenters. The monoisotopic (exact) mass is 756 g/mol. The maximum absolute atomic E-state index is 11.6. The zero-order valence-electron chi connectivity index (χ0n) is 34.4. The molecule has 2 saturated heterocycles. The van der Waals surface area contributed by atoms with Crippen LogP contribution < -0.4 is 0 Å². The molecule has 4 saturated carbocycles. The highest BCUT2D eigenvalue weighted by Gasteiger charge is 2.63. The Labute approximate surface area is 324 Å². The van der Waals surface area contributed by atoms with Crippen molar-refractivity contribution < 1.29 is 47.6 Å². The van der Waals surface area contributed by atoms with Crippen molar-refractivity contribution in [2.75, 3.05) is 26.4 Å². The first-order valence-electron chi connectivity index (χ1n) is 19.8. The summed E-state index contributed by atoms with van der Waals surface area (Å²) in [7, 11) is 0. The van der Waals surface area contributed by atoms with E-state index in [-0.39, 0.29) is 59.1 Å². The number of hydrogen-bond acceptors (Lipinski definition) is 10. The Balaban J connectivity index is 0.000000196. The molecule has 2 aliphatic heterocycles. The third kappa shape index (κ3) is 10.5. The van der Waals surface area contributed by atoms with E-state index in [0.29, 0.717) is 47.0 Å². The smallest absolute Gasteiger partial charge is 0.333 e. The lowest BCUT2D eigenvalue weighted by Gasteiger charge is -2.38. The Hall–Kier alpha value is -3.24. The second-order valence-corrected chi connectivity index (χ2v) is 17.5. The van der Waals surface area contributed by atoms with Crippen LogP contribution in [0.2, 0.25) is 0 Å². The van der Waals surface area contributed by atoms with Crippen molar-refractivity contribution in [3.8, 4) is 0 Å². The lowest BCUT2D eigenvalue weighted by Crippen LogP contribution is -2.38. The van der Waals surface area contributed by atoms with Crippen molar-refractivity contribution in [2.45, 2.75) is 144 Å². The first-order valence-corrected chi connectivity index (χ1v) is 19.8. The largest absolute Gasteiger partial charge is 0.460 e. The zero-order valence-corrected chi connectivity index (χ0v) is 34.4. The van der Waals surface area contributed by atoms with Crippen molar-refractivity contribution in [3.05, 3.63) is 49.6 Å². The average Bonchev–Trinajstić information content (AvgIpc) is 3.97. The summed E-state index contributed by atoms with van der Waals surface area (Å²) >= 11 is 0. The highest BCUT2D eigenvalue weighted by molar-refractivity contribution is 5.87. The quantitative estimate of drug-likeness (QED) is 0.122. The van der Waals surface area contributed by atoms with Crippen LogP contribution in [-0.2, 0) is 47.6 Å². The van der Waals surface area contributed by atoms with Gasteiger partial charge in [-0.2, -0.15) is 0 Å². The maximum atomic E-state index is 11.6. The molecule has 10 heteroatoms. The molecule has 0 radical (unpaired) electrons. The molecule has 0 aromatic rings. The molecule has 4 aliphatic carbocycles. The summed E-state index contributed by atoms with van der Waals surface area (Å²) in [6.45, 7) is 33.3. The lowest BCUT2D eigenvalue weighted by atomic mass is 9.70. The summed E-state index contributed by atoms with van der Waals surface area (Å²) < 4.78 is 31.3. The topological polar surface area (TPSA) is 124 Å². The second kappa shape index (κ2) is 19.1. The van der Waals surface area contributed by atoms with E-state index in [2.05, 4.69) is 67.9 Å². The van der Waals surface area contributed by atoms with Gasteiger partial charge >= 0.3 is 23.9 Å². The number of carbonyl (C=O) groups excluding carboxylic acids is 4. The normalized spacial score (nSPS) is 33.0. The lowest BCUT2D eigenvalue weighted by molar-refractivity contribution is -0.152. The first-order chi connectivity index (χ1) is 25.2. The Kier molecular flexibility index (Phi) is 15.9. The predicted octanol–water partition coefficient (Wildman–Crippen LogP) is 8.43.